The van der Waals surface area contributed by atoms with Gasteiger partial charge in [0.05, 0.1) is 0 Å². The third kappa shape index (κ3) is 1.76. The van der Waals surface area contributed by atoms with Gasteiger partial charge in [0.1, 0.15) is 0 Å². The zero-order chi connectivity index (χ0) is 7.68. The van der Waals surface area contributed by atoms with Crippen LogP contribution in [0.3, 0.4) is 0 Å². The first-order valence-corrected chi connectivity index (χ1v) is 4.97. The lowest BCUT2D eigenvalue weighted by atomic mass is 9.94. The van der Waals surface area contributed by atoms with Gasteiger partial charge in [-0.2, -0.15) is 0 Å². The standard InChI is InChI=1S/C10H18N/c1-11(10-7-8-10)9-5-3-2-4-6-9/h9-10H,1-8H2. The third-order valence-electron chi connectivity index (χ3n) is 3.06. The highest BCUT2D eigenvalue weighted by atomic mass is 15.2. The van der Waals surface area contributed by atoms with Crippen LogP contribution >= 0.6 is 0 Å². The Morgan fingerprint density at radius 1 is 0.818 bits per heavy atom. The van der Waals surface area contributed by atoms with E-state index in [9.17, 15) is 0 Å². The molecule has 0 amide bonds. The van der Waals surface area contributed by atoms with Gasteiger partial charge < -0.3 is 0 Å². The summed E-state index contributed by atoms with van der Waals surface area (Å²) in [5, 5.41) is 0. The van der Waals surface area contributed by atoms with Gasteiger partial charge in [0.25, 0.3) is 0 Å². The smallest absolute Gasteiger partial charge is 0.0115 e. The van der Waals surface area contributed by atoms with Crippen molar-refractivity contribution in [2.24, 2.45) is 0 Å². The van der Waals surface area contributed by atoms with Gasteiger partial charge in [0.15, 0.2) is 0 Å². The number of hydrogen-bond donors (Lipinski definition) is 0. The van der Waals surface area contributed by atoms with E-state index in [2.05, 4.69) is 11.9 Å². The molecule has 0 aromatic rings. The van der Waals surface area contributed by atoms with E-state index in [0.29, 0.717) is 0 Å². The first-order valence-electron chi connectivity index (χ1n) is 4.97. The first kappa shape index (κ1) is 7.60. The van der Waals surface area contributed by atoms with Crippen molar-refractivity contribution < 1.29 is 0 Å². The lowest BCUT2D eigenvalue weighted by molar-refractivity contribution is 0.206. The van der Waals surface area contributed by atoms with E-state index >= 15 is 0 Å². The monoisotopic (exact) mass is 152 g/mol. The third-order valence-corrected chi connectivity index (χ3v) is 3.06. The summed E-state index contributed by atoms with van der Waals surface area (Å²) in [7, 11) is 4.16. The van der Waals surface area contributed by atoms with E-state index in [-0.39, 0.29) is 0 Å². The average Bonchev–Trinajstić information content (AvgIpc) is 2.87. The zero-order valence-corrected chi connectivity index (χ0v) is 7.26. The van der Waals surface area contributed by atoms with Gasteiger partial charge in [0, 0.05) is 19.1 Å². The van der Waals surface area contributed by atoms with Gasteiger partial charge in [-0.25, -0.2) is 0 Å². The van der Waals surface area contributed by atoms with Crippen LogP contribution in [0.15, 0.2) is 0 Å². The Morgan fingerprint density at radius 3 is 1.91 bits per heavy atom. The molecule has 0 atom stereocenters. The molecule has 0 aromatic heterocycles. The SMILES string of the molecule is [CH2]N(C1CCCCC1)C1CC1. The molecule has 0 N–H and O–H groups in total. The second-order valence-corrected chi connectivity index (χ2v) is 4.04. The molecule has 2 fully saturated rings. The fourth-order valence-electron chi connectivity index (χ4n) is 2.12. The maximum absolute atomic E-state index is 4.16. The van der Waals surface area contributed by atoms with Crippen LogP contribution in [0.5, 0.6) is 0 Å². The van der Waals surface area contributed by atoms with Crippen molar-refractivity contribution in [3.8, 4) is 0 Å². The van der Waals surface area contributed by atoms with E-state index in [1.54, 1.807) is 0 Å². The first-order chi connectivity index (χ1) is 5.38. The zero-order valence-electron chi connectivity index (χ0n) is 7.26. The quantitative estimate of drug-likeness (QED) is 0.588. The van der Waals surface area contributed by atoms with Crippen molar-refractivity contribution >= 4 is 0 Å². The van der Waals surface area contributed by atoms with E-state index in [0.717, 1.165) is 12.1 Å². The molecular weight excluding hydrogens is 134 g/mol. The van der Waals surface area contributed by atoms with Crippen LogP contribution in [-0.4, -0.2) is 17.0 Å². The maximum atomic E-state index is 4.16. The second-order valence-electron chi connectivity index (χ2n) is 4.04. The Labute approximate surface area is 69.8 Å². The number of nitrogens with zero attached hydrogens (tertiary/aromatic N) is 1. The summed E-state index contributed by atoms with van der Waals surface area (Å²) in [6.45, 7) is 0. The van der Waals surface area contributed by atoms with Gasteiger partial charge in [-0.05, 0) is 25.7 Å². The molecule has 0 bridgehead atoms. The van der Waals surface area contributed by atoms with Crippen molar-refractivity contribution in [1.82, 2.24) is 4.90 Å². The van der Waals surface area contributed by atoms with Crippen molar-refractivity contribution in [3.05, 3.63) is 7.05 Å². The molecule has 0 unspecified atom stereocenters. The van der Waals surface area contributed by atoms with E-state index < -0.39 is 0 Å². The fraction of sp³-hybridized carbons (Fsp3) is 0.900. The van der Waals surface area contributed by atoms with Crippen LogP contribution in [0.2, 0.25) is 0 Å². The molecule has 11 heavy (non-hydrogen) atoms. The lowest BCUT2D eigenvalue weighted by Gasteiger charge is -2.30. The summed E-state index contributed by atoms with van der Waals surface area (Å²) in [5.74, 6) is 0. The summed E-state index contributed by atoms with van der Waals surface area (Å²) < 4.78 is 0. The molecule has 0 aliphatic heterocycles. The van der Waals surface area contributed by atoms with Gasteiger partial charge >= 0.3 is 0 Å². The minimum atomic E-state index is 0.830. The van der Waals surface area contributed by atoms with Gasteiger partial charge in [-0.15, -0.1) is 0 Å². The molecule has 2 aliphatic carbocycles. The summed E-state index contributed by atoms with van der Waals surface area (Å²) >= 11 is 0. The maximum Gasteiger partial charge on any atom is 0.0115 e. The van der Waals surface area contributed by atoms with Crippen LogP contribution in [-0.2, 0) is 0 Å². The molecule has 1 heteroatoms. The van der Waals surface area contributed by atoms with Crippen LogP contribution < -0.4 is 0 Å². The predicted octanol–water partition coefficient (Wildman–Crippen LogP) is 2.58. The summed E-state index contributed by atoms with van der Waals surface area (Å²) in [6.07, 6.45) is 9.93. The number of hydrogen-bond acceptors (Lipinski definition) is 1. The van der Waals surface area contributed by atoms with Crippen molar-refractivity contribution in [2.75, 3.05) is 0 Å². The summed E-state index contributed by atoms with van der Waals surface area (Å²) in [6, 6.07) is 1.69. The van der Waals surface area contributed by atoms with Crippen molar-refractivity contribution in [1.29, 1.82) is 0 Å². The Balaban J connectivity index is 1.81. The predicted molar refractivity (Wildman–Crippen MR) is 47.1 cm³/mol. The largest absolute Gasteiger partial charge is 0.296 e. The van der Waals surface area contributed by atoms with E-state index in [1.807, 2.05) is 0 Å². The van der Waals surface area contributed by atoms with Crippen LogP contribution in [0.4, 0.5) is 0 Å². The molecule has 0 aromatic carbocycles. The number of rotatable bonds is 2. The summed E-state index contributed by atoms with van der Waals surface area (Å²) in [5.41, 5.74) is 0. The molecule has 63 valence electrons. The van der Waals surface area contributed by atoms with Crippen molar-refractivity contribution in [2.45, 2.75) is 57.0 Å². The highest BCUT2D eigenvalue weighted by molar-refractivity contribution is 4.89. The molecule has 2 rings (SSSR count). The molecule has 2 aliphatic rings. The fourth-order valence-corrected chi connectivity index (χ4v) is 2.12. The Kier molecular flexibility index (Phi) is 2.17. The molecule has 1 radical (unpaired) electrons. The summed E-state index contributed by atoms with van der Waals surface area (Å²) in [4.78, 5) is 2.39. The van der Waals surface area contributed by atoms with E-state index in [1.165, 1.54) is 44.9 Å². The Bertz CT molecular complexity index is 123. The Hall–Kier alpha value is -0.0400. The van der Waals surface area contributed by atoms with Gasteiger partial charge in [-0.1, -0.05) is 19.3 Å². The molecule has 0 spiro atoms. The normalized spacial score (nSPS) is 27.8. The van der Waals surface area contributed by atoms with Gasteiger partial charge in [0.2, 0.25) is 0 Å². The molecule has 0 saturated heterocycles. The Morgan fingerprint density at radius 2 is 1.36 bits per heavy atom. The topological polar surface area (TPSA) is 3.24 Å². The second kappa shape index (κ2) is 3.14. The average molecular weight is 152 g/mol. The highest BCUT2D eigenvalue weighted by Crippen LogP contribution is 2.32. The van der Waals surface area contributed by atoms with Crippen LogP contribution in [0.1, 0.15) is 44.9 Å². The molecule has 0 heterocycles. The molecular formula is C10H18N. The minimum absolute atomic E-state index is 0.830. The highest BCUT2D eigenvalue weighted by Gasteiger charge is 2.31. The molecule has 2 saturated carbocycles. The lowest BCUT2D eigenvalue weighted by Crippen LogP contribution is -2.33. The van der Waals surface area contributed by atoms with Gasteiger partial charge in [-0.3, -0.25) is 4.90 Å². The van der Waals surface area contributed by atoms with Crippen LogP contribution in [0.25, 0.3) is 0 Å². The van der Waals surface area contributed by atoms with Crippen LogP contribution in [0, 0.1) is 7.05 Å². The van der Waals surface area contributed by atoms with E-state index in [4.69, 9.17) is 0 Å². The van der Waals surface area contributed by atoms with Crippen molar-refractivity contribution in [3.63, 3.8) is 0 Å². The minimum Gasteiger partial charge on any atom is -0.296 e. The molecule has 1 nitrogen and oxygen atoms in total.